The predicted molar refractivity (Wildman–Crippen MR) is 250 cm³/mol. The zero-order valence-electron chi connectivity index (χ0n) is 33.0. The van der Waals surface area contributed by atoms with Crippen molar-refractivity contribution in [1.82, 2.24) is 19.9 Å². The van der Waals surface area contributed by atoms with E-state index in [0.717, 1.165) is 39.0 Å². The molecule has 1 aliphatic rings. The molecule has 282 valence electrons. The van der Waals surface area contributed by atoms with E-state index in [1.54, 1.807) is 0 Å². The number of fused-ring (bicyclic) bond motifs is 10. The molecule has 3 heterocycles. The molecule has 0 unspecified atom stereocenters. The number of pyridine rings is 1. The third kappa shape index (κ3) is 5.36. The van der Waals surface area contributed by atoms with Gasteiger partial charge in [-0.25, -0.2) is 19.9 Å². The van der Waals surface area contributed by atoms with Crippen LogP contribution in [0.3, 0.4) is 0 Å². The number of aromatic nitrogens is 4. The van der Waals surface area contributed by atoms with Crippen LogP contribution in [0.25, 0.3) is 110 Å². The molecular weight excluding hydrogens is 749 g/mol. The summed E-state index contributed by atoms with van der Waals surface area (Å²) in [6.07, 6.45) is 0. The number of rotatable bonds is 5. The van der Waals surface area contributed by atoms with Crippen LogP contribution in [0.2, 0.25) is 0 Å². The van der Waals surface area contributed by atoms with Gasteiger partial charge in [-0.2, -0.15) is 0 Å². The molecule has 0 aliphatic heterocycles. The molecule has 3 aromatic heterocycles. The molecule has 0 spiro atoms. The quantitative estimate of drug-likeness (QED) is 0.163. The number of para-hydroxylation sites is 1. The van der Waals surface area contributed by atoms with Crippen LogP contribution in [-0.2, 0) is 5.41 Å². The summed E-state index contributed by atoms with van der Waals surface area (Å²) in [6, 6.07) is 64.6. The van der Waals surface area contributed by atoms with Crippen LogP contribution in [-0.4, -0.2) is 19.9 Å². The van der Waals surface area contributed by atoms with Gasteiger partial charge < -0.3 is 0 Å². The van der Waals surface area contributed by atoms with E-state index < -0.39 is 0 Å². The Balaban J connectivity index is 1.02. The summed E-state index contributed by atoms with van der Waals surface area (Å²) >= 11 is 1.87. The molecule has 11 aromatic rings. The van der Waals surface area contributed by atoms with Gasteiger partial charge in [0.15, 0.2) is 17.5 Å². The summed E-state index contributed by atoms with van der Waals surface area (Å²) in [5, 5.41) is 6.09. The summed E-state index contributed by atoms with van der Waals surface area (Å²) in [5.74, 6) is 1.95. The Hall–Kier alpha value is -7.34. The summed E-state index contributed by atoms with van der Waals surface area (Å²) in [5.41, 5.74) is 13.4. The molecule has 0 saturated carbocycles. The Morgan fingerprint density at radius 1 is 0.367 bits per heavy atom. The fraction of sp³-hybridized carbons (Fsp3) is 0.0545. The Labute approximate surface area is 351 Å². The first kappa shape index (κ1) is 34.7. The van der Waals surface area contributed by atoms with Gasteiger partial charge in [-0.3, -0.25) is 0 Å². The van der Waals surface area contributed by atoms with Gasteiger partial charge in [-0.05, 0) is 51.6 Å². The molecule has 5 heteroatoms. The standard InChI is InChI=1S/C55H36N4S/c1-55(2)45-25-11-9-21-39(45)44-32-37(27-30-46(44)55)54-58-52(34-17-7-4-8-18-34)57-53(59-54)36-20-13-19-35(31-36)38-23-14-24-40-41-28-29-43-48(51(41)60-50(38)40)42-22-10-12-26-47(42)56-49(43)33-15-5-3-6-16-33/h3-32H,1-2H3. The van der Waals surface area contributed by atoms with E-state index in [4.69, 9.17) is 19.9 Å². The Morgan fingerprint density at radius 3 is 1.75 bits per heavy atom. The second-order valence-corrected chi connectivity index (χ2v) is 17.2. The van der Waals surface area contributed by atoms with E-state index >= 15 is 0 Å². The zero-order chi connectivity index (χ0) is 40.0. The molecule has 0 atom stereocenters. The van der Waals surface area contributed by atoms with Gasteiger partial charge in [0.25, 0.3) is 0 Å². The van der Waals surface area contributed by atoms with Crippen molar-refractivity contribution in [3.63, 3.8) is 0 Å². The van der Waals surface area contributed by atoms with Gasteiger partial charge >= 0.3 is 0 Å². The number of thiophene rings is 1. The maximum atomic E-state index is 5.22. The van der Waals surface area contributed by atoms with E-state index in [0.29, 0.717) is 17.5 Å². The largest absolute Gasteiger partial charge is 0.247 e. The fourth-order valence-electron chi connectivity index (χ4n) is 9.37. The Kier molecular flexibility index (Phi) is 7.72. The van der Waals surface area contributed by atoms with E-state index in [1.165, 1.54) is 64.1 Å². The van der Waals surface area contributed by atoms with Crippen LogP contribution in [0.4, 0.5) is 0 Å². The van der Waals surface area contributed by atoms with Crippen LogP contribution < -0.4 is 0 Å². The second kappa shape index (κ2) is 13.3. The lowest BCUT2D eigenvalue weighted by atomic mass is 9.82. The van der Waals surface area contributed by atoms with Crippen molar-refractivity contribution >= 4 is 53.2 Å². The van der Waals surface area contributed by atoms with Crippen LogP contribution in [0.15, 0.2) is 182 Å². The monoisotopic (exact) mass is 784 g/mol. The third-order valence-electron chi connectivity index (χ3n) is 12.3. The molecule has 0 N–H and O–H groups in total. The van der Waals surface area contributed by atoms with E-state index in [-0.39, 0.29) is 5.41 Å². The van der Waals surface area contributed by atoms with Crippen LogP contribution in [0.1, 0.15) is 25.0 Å². The van der Waals surface area contributed by atoms with E-state index in [1.807, 2.05) is 29.5 Å². The molecule has 0 fully saturated rings. The van der Waals surface area contributed by atoms with Crippen molar-refractivity contribution in [2.75, 3.05) is 0 Å². The van der Waals surface area contributed by atoms with Gasteiger partial charge in [0.1, 0.15) is 0 Å². The minimum Gasteiger partial charge on any atom is -0.247 e. The first-order valence-electron chi connectivity index (χ1n) is 20.4. The summed E-state index contributed by atoms with van der Waals surface area (Å²) < 4.78 is 2.53. The maximum absolute atomic E-state index is 5.22. The van der Waals surface area contributed by atoms with Crippen molar-refractivity contribution < 1.29 is 0 Å². The fourth-order valence-corrected chi connectivity index (χ4v) is 10.8. The number of hydrogen-bond acceptors (Lipinski definition) is 5. The smallest absolute Gasteiger partial charge is 0.164 e. The van der Waals surface area contributed by atoms with Gasteiger partial charge in [0.05, 0.1) is 11.2 Å². The topological polar surface area (TPSA) is 51.6 Å². The normalized spacial score (nSPS) is 13.0. The second-order valence-electron chi connectivity index (χ2n) is 16.2. The van der Waals surface area contributed by atoms with Crippen molar-refractivity contribution in [2.45, 2.75) is 19.3 Å². The van der Waals surface area contributed by atoms with Gasteiger partial charge in [0.2, 0.25) is 0 Å². The van der Waals surface area contributed by atoms with Crippen LogP contribution in [0.5, 0.6) is 0 Å². The zero-order valence-corrected chi connectivity index (χ0v) is 33.8. The number of benzene rings is 8. The predicted octanol–water partition coefficient (Wildman–Crippen LogP) is 14.6. The highest BCUT2D eigenvalue weighted by atomic mass is 32.1. The molecule has 0 bridgehead atoms. The molecule has 0 amide bonds. The minimum atomic E-state index is -0.0785. The minimum absolute atomic E-state index is 0.0785. The summed E-state index contributed by atoms with van der Waals surface area (Å²) in [6.45, 7) is 4.61. The molecule has 60 heavy (non-hydrogen) atoms. The maximum Gasteiger partial charge on any atom is 0.164 e. The molecule has 0 radical (unpaired) electrons. The first-order valence-corrected chi connectivity index (χ1v) is 21.2. The molecule has 0 saturated heterocycles. The van der Waals surface area contributed by atoms with E-state index in [9.17, 15) is 0 Å². The number of nitrogens with zero attached hydrogens (tertiary/aromatic N) is 4. The SMILES string of the molecule is CC1(C)c2ccccc2-c2cc(-c3nc(-c4ccccc4)nc(-c4cccc(-c5cccc6c5sc5c6ccc6c(-c7ccccc7)nc7ccccc7c65)c4)n3)ccc21. The Bertz CT molecular complexity index is 3520. The van der Waals surface area contributed by atoms with Gasteiger partial charge in [0, 0.05) is 64.0 Å². The van der Waals surface area contributed by atoms with E-state index in [2.05, 4.69) is 178 Å². The van der Waals surface area contributed by atoms with Crippen molar-refractivity contribution in [3.8, 4) is 67.7 Å². The van der Waals surface area contributed by atoms with Gasteiger partial charge in [-0.15, -0.1) is 11.3 Å². The highest BCUT2D eigenvalue weighted by Crippen LogP contribution is 2.50. The lowest BCUT2D eigenvalue weighted by Gasteiger charge is -2.21. The van der Waals surface area contributed by atoms with Crippen LogP contribution >= 0.6 is 11.3 Å². The molecule has 12 rings (SSSR count). The highest BCUT2D eigenvalue weighted by Gasteiger charge is 2.35. The van der Waals surface area contributed by atoms with Gasteiger partial charge in [-0.1, -0.05) is 178 Å². The molecule has 4 nitrogen and oxygen atoms in total. The average molecular weight is 785 g/mol. The van der Waals surface area contributed by atoms with Crippen LogP contribution in [0, 0.1) is 0 Å². The third-order valence-corrected chi connectivity index (χ3v) is 13.6. The first-order chi connectivity index (χ1) is 29.5. The molecule has 1 aliphatic carbocycles. The molecule has 8 aromatic carbocycles. The summed E-state index contributed by atoms with van der Waals surface area (Å²) in [7, 11) is 0. The summed E-state index contributed by atoms with van der Waals surface area (Å²) in [4.78, 5) is 20.7. The Morgan fingerprint density at radius 2 is 0.933 bits per heavy atom. The molecular formula is C55H36N4S. The highest BCUT2D eigenvalue weighted by molar-refractivity contribution is 7.27. The van der Waals surface area contributed by atoms with Crippen molar-refractivity contribution in [2.24, 2.45) is 0 Å². The van der Waals surface area contributed by atoms with Crippen molar-refractivity contribution in [1.29, 1.82) is 0 Å². The lowest BCUT2D eigenvalue weighted by Crippen LogP contribution is -2.14. The average Bonchev–Trinajstić information content (AvgIpc) is 3.81. The lowest BCUT2D eigenvalue weighted by molar-refractivity contribution is 0.660. The van der Waals surface area contributed by atoms with Crippen molar-refractivity contribution in [3.05, 3.63) is 193 Å². The number of hydrogen-bond donors (Lipinski definition) is 0.